The smallest absolute Gasteiger partial charge is 0.154 e. The van der Waals surface area contributed by atoms with E-state index in [4.69, 9.17) is 9.97 Å². The summed E-state index contributed by atoms with van der Waals surface area (Å²) < 4.78 is 0. The minimum absolute atomic E-state index is 0.620. The van der Waals surface area contributed by atoms with E-state index >= 15 is 0 Å². The van der Waals surface area contributed by atoms with Gasteiger partial charge in [-0.15, -0.1) is 0 Å². The predicted octanol–water partition coefficient (Wildman–Crippen LogP) is 6.02. The van der Waals surface area contributed by atoms with Crippen LogP contribution in [0.3, 0.4) is 0 Å². The van der Waals surface area contributed by atoms with Crippen LogP contribution in [0.1, 0.15) is 39.5 Å². The second-order valence-electron chi connectivity index (χ2n) is 12.2. The minimum Gasteiger partial charge on any atom is -0.368 e. The van der Waals surface area contributed by atoms with Crippen LogP contribution in [0, 0.1) is 11.8 Å². The molecule has 2 aliphatic rings. The van der Waals surface area contributed by atoms with Gasteiger partial charge < -0.3 is 21.3 Å². The monoisotopic (exact) mass is 670 g/mol. The number of hydrogen-bond acceptors (Lipinski definition) is 12. The van der Waals surface area contributed by atoms with Crippen LogP contribution in [-0.2, 0) is 0 Å². The molecular formula is C38H46N12. The standard InChI is InChI=1S/2C18H20N6.C2H6/c1-3-13(10-19-5-1)11-23-18-17-16(21-7-8-22-17)9-15(24-18)14-4-2-6-20-12-14;1-2-13(11-20-5-1)12-23-18-17-16(21-8-9-22-17)10-15(24-18)14-3-6-19-7-4-14;1-2/h2,4,6-9,12-13,19H,1,3,5,10-11H2,(H,23,24);3-4,6-10,13,20H,1-2,5,11-12H2,(H,23,24);1-2H3. The van der Waals surface area contributed by atoms with Crippen molar-refractivity contribution in [3.63, 3.8) is 0 Å². The van der Waals surface area contributed by atoms with Gasteiger partial charge in [-0.2, -0.15) is 0 Å². The zero-order valence-electron chi connectivity index (χ0n) is 28.9. The summed E-state index contributed by atoms with van der Waals surface area (Å²) in [7, 11) is 0. The summed E-state index contributed by atoms with van der Waals surface area (Å²) in [6.45, 7) is 10.1. The Balaban J connectivity index is 0.000000165. The molecule has 0 aromatic carbocycles. The molecule has 0 aliphatic carbocycles. The van der Waals surface area contributed by atoms with E-state index < -0.39 is 0 Å². The quantitative estimate of drug-likeness (QED) is 0.150. The number of hydrogen-bond donors (Lipinski definition) is 4. The summed E-state index contributed by atoms with van der Waals surface area (Å²) in [5.41, 5.74) is 7.08. The van der Waals surface area contributed by atoms with E-state index in [-0.39, 0.29) is 0 Å². The molecule has 2 fully saturated rings. The van der Waals surface area contributed by atoms with Gasteiger partial charge in [0.1, 0.15) is 11.0 Å². The molecule has 4 N–H and O–H groups in total. The highest BCUT2D eigenvalue weighted by molar-refractivity contribution is 5.89. The molecule has 8 heterocycles. The number of pyridine rings is 4. The summed E-state index contributed by atoms with van der Waals surface area (Å²) in [5, 5.41) is 13.9. The first-order valence-corrected chi connectivity index (χ1v) is 17.7. The molecule has 258 valence electrons. The van der Waals surface area contributed by atoms with E-state index in [9.17, 15) is 0 Å². The Morgan fingerprint density at radius 1 is 0.620 bits per heavy atom. The highest BCUT2D eigenvalue weighted by Gasteiger charge is 2.17. The molecule has 0 spiro atoms. The summed E-state index contributed by atoms with van der Waals surface area (Å²) in [5.74, 6) is 2.84. The fraction of sp³-hybridized carbons (Fsp3) is 0.368. The molecule has 0 saturated carbocycles. The highest BCUT2D eigenvalue weighted by Crippen LogP contribution is 2.27. The Kier molecular flexibility index (Phi) is 12.5. The van der Waals surface area contributed by atoms with Gasteiger partial charge in [0, 0.05) is 73.8 Å². The summed E-state index contributed by atoms with van der Waals surface area (Å²) in [4.78, 5) is 35.7. The molecule has 0 bridgehead atoms. The van der Waals surface area contributed by atoms with Crippen molar-refractivity contribution < 1.29 is 0 Å². The van der Waals surface area contributed by atoms with E-state index in [1.54, 1.807) is 43.4 Å². The van der Waals surface area contributed by atoms with E-state index in [2.05, 4.69) is 51.2 Å². The molecule has 50 heavy (non-hydrogen) atoms. The van der Waals surface area contributed by atoms with Crippen LogP contribution in [-0.4, -0.2) is 79.1 Å². The van der Waals surface area contributed by atoms with Crippen LogP contribution in [0.2, 0.25) is 0 Å². The van der Waals surface area contributed by atoms with Crippen molar-refractivity contribution in [2.45, 2.75) is 39.5 Å². The maximum atomic E-state index is 4.79. The molecule has 12 nitrogen and oxygen atoms in total. The second-order valence-corrected chi connectivity index (χ2v) is 12.2. The van der Waals surface area contributed by atoms with Crippen LogP contribution < -0.4 is 21.3 Å². The Hall–Kier alpha value is -5.20. The van der Waals surface area contributed by atoms with Gasteiger partial charge in [-0.25, -0.2) is 19.9 Å². The molecule has 6 aromatic rings. The highest BCUT2D eigenvalue weighted by atomic mass is 15.0. The molecule has 0 amide bonds. The molecule has 2 atom stereocenters. The van der Waals surface area contributed by atoms with Crippen molar-refractivity contribution in [3.8, 4) is 22.5 Å². The zero-order valence-corrected chi connectivity index (χ0v) is 28.9. The van der Waals surface area contributed by atoms with Crippen LogP contribution in [0.4, 0.5) is 11.6 Å². The zero-order chi connectivity index (χ0) is 34.4. The first kappa shape index (κ1) is 34.7. The van der Waals surface area contributed by atoms with E-state index in [1.165, 1.54) is 25.7 Å². The maximum Gasteiger partial charge on any atom is 0.154 e. The number of anilines is 2. The molecule has 8 rings (SSSR count). The molecule has 6 aromatic heterocycles. The van der Waals surface area contributed by atoms with Crippen molar-refractivity contribution in [3.05, 3.63) is 86.0 Å². The molecule has 12 heteroatoms. The van der Waals surface area contributed by atoms with E-state index in [1.807, 2.05) is 56.4 Å². The third kappa shape index (κ3) is 9.07. The van der Waals surface area contributed by atoms with Crippen molar-refractivity contribution in [1.29, 1.82) is 0 Å². The number of fused-ring (bicyclic) bond motifs is 2. The average Bonchev–Trinajstić information content (AvgIpc) is 3.21. The molecule has 2 aliphatic heterocycles. The van der Waals surface area contributed by atoms with Crippen molar-refractivity contribution >= 4 is 33.7 Å². The Morgan fingerprint density at radius 2 is 1.16 bits per heavy atom. The third-order valence-electron chi connectivity index (χ3n) is 8.76. The van der Waals surface area contributed by atoms with Gasteiger partial charge in [0.05, 0.1) is 22.4 Å². The number of rotatable bonds is 8. The third-order valence-corrected chi connectivity index (χ3v) is 8.76. The summed E-state index contributed by atoms with van der Waals surface area (Å²) in [6, 6.07) is 11.8. The lowest BCUT2D eigenvalue weighted by molar-refractivity contribution is 0.392. The van der Waals surface area contributed by atoms with Gasteiger partial charge >= 0.3 is 0 Å². The van der Waals surface area contributed by atoms with Crippen LogP contribution in [0.5, 0.6) is 0 Å². The molecule has 2 saturated heterocycles. The van der Waals surface area contributed by atoms with E-state index in [0.717, 1.165) is 95.5 Å². The number of nitrogens with one attached hydrogen (secondary N) is 4. The van der Waals surface area contributed by atoms with Crippen LogP contribution in [0.25, 0.3) is 44.6 Å². The largest absolute Gasteiger partial charge is 0.368 e. The van der Waals surface area contributed by atoms with Crippen molar-refractivity contribution in [2.24, 2.45) is 11.8 Å². The lowest BCUT2D eigenvalue weighted by Crippen LogP contribution is -2.33. The number of nitrogens with zero attached hydrogens (tertiary/aromatic N) is 8. The minimum atomic E-state index is 0.620. The number of piperidine rings is 2. The summed E-state index contributed by atoms with van der Waals surface area (Å²) >= 11 is 0. The normalized spacial score (nSPS) is 17.2. The van der Waals surface area contributed by atoms with Gasteiger partial charge in [-0.1, -0.05) is 13.8 Å². The lowest BCUT2D eigenvalue weighted by atomic mass is 10.00. The molecular weight excluding hydrogens is 625 g/mol. The summed E-state index contributed by atoms with van der Waals surface area (Å²) in [6.07, 6.45) is 18.9. The Labute approximate surface area is 293 Å². The first-order valence-electron chi connectivity index (χ1n) is 17.7. The van der Waals surface area contributed by atoms with Gasteiger partial charge in [-0.3, -0.25) is 19.9 Å². The average molecular weight is 671 g/mol. The molecule has 2 unspecified atom stereocenters. The Morgan fingerprint density at radius 3 is 1.66 bits per heavy atom. The second kappa shape index (κ2) is 18.0. The Bertz CT molecular complexity index is 1770. The first-order chi connectivity index (χ1) is 24.8. The number of aromatic nitrogens is 8. The molecule has 0 radical (unpaired) electrons. The fourth-order valence-electron chi connectivity index (χ4n) is 6.20. The van der Waals surface area contributed by atoms with Gasteiger partial charge in [-0.05, 0) is 100 Å². The maximum absolute atomic E-state index is 4.79. The van der Waals surface area contributed by atoms with Crippen LogP contribution >= 0.6 is 0 Å². The van der Waals surface area contributed by atoms with Gasteiger partial charge in [0.15, 0.2) is 11.6 Å². The van der Waals surface area contributed by atoms with Crippen LogP contribution in [0.15, 0.2) is 86.0 Å². The van der Waals surface area contributed by atoms with Gasteiger partial charge in [0.2, 0.25) is 0 Å². The topological polar surface area (TPSA) is 151 Å². The lowest BCUT2D eigenvalue weighted by Gasteiger charge is -2.23. The van der Waals surface area contributed by atoms with E-state index in [0.29, 0.717) is 11.8 Å². The van der Waals surface area contributed by atoms with Crippen molar-refractivity contribution in [2.75, 3.05) is 49.9 Å². The van der Waals surface area contributed by atoms with Gasteiger partial charge in [0.25, 0.3) is 0 Å². The SMILES string of the molecule is CC.c1cc(-c2cc3nccnc3c(NCC3CCCNC3)n2)ccn1.c1cncc(-c2cc3nccnc3c(NCC3CCCNC3)n2)c1. The fourth-order valence-corrected chi connectivity index (χ4v) is 6.20. The van der Waals surface area contributed by atoms with Crippen molar-refractivity contribution in [1.82, 2.24) is 50.5 Å². The predicted molar refractivity (Wildman–Crippen MR) is 201 cm³/mol.